The average molecular weight is 844 g/mol. The Morgan fingerprint density at radius 1 is 0.596 bits per heavy atom. The first kappa shape index (κ1) is 45.4. The van der Waals surface area contributed by atoms with E-state index in [9.17, 15) is 34.9 Å². The van der Waals surface area contributed by atoms with E-state index in [0.29, 0.717) is 24.3 Å². The zero-order valence-corrected chi connectivity index (χ0v) is 35.5. The number of azo groups is 2. The standard InChI is InChI=1S/C39H53N7O8S3/c1-6-18-45(19-7-2)22-24-55(48,49)32-14-10-30(11-15-32)41-43-37-28(5)26-29-27-34(57(52,53)54)38(39(47)35(29)36(37)40)44-42-31-12-16-33(17-13-31)56(50,51)25-23-46(20-8-3)21-9-4/h10-17,26-27,47H,6-9,18-25,40H2,1-5H3,(H,52,53,54). The molecule has 4 rings (SSSR count). The van der Waals surface area contributed by atoms with Gasteiger partial charge in [-0.25, -0.2) is 16.8 Å². The van der Waals surface area contributed by atoms with Crippen molar-refractivity contribution in [2.24, 2.45) is 20.5 Å². The second-order valence-corrected chi connectivity index (χ2v) is 19.4. The van der Waals surface area contributed by atoms with Gasteiger partial charge in [0, 0.05) is 13.1 Å². The fourth-order valence-electron chi connectivity index (χ4n) is 6.43. The first-order valence-electron chi connectivity index (χ1n) is 19.0. The van der Waals surface area contributed by atoms with Crippen LogP contribution in [0.3, 0.4) is 0 Å². The maximum Gasteiger partial charge on any atom is 0.296 e. The summed E-state index contributed by atoms with van der Waals surface area (Å²) in [6, 6.07) is 14.1. The Morgan fingerprint density at radius 3 is 1.39 bits per heavy atom. The smallest absolute Gasteiger partial charge is 0.296 e. The molecule has 0 heterocycles. The van der Waals surface area contributed by atoms with Gasteiger partial charge < -0.3 is 20.6 Å². The van der Waals surface area contributed by atoms with Gasteiger partial charge in [-0.1, -0.05) is 27.7 Å². The molecule has 0 fully saturated rings. The van der Waals surface area contributed by atoms with Crippen LogP contribution in [0, 0.1) is 6.92 Å². The van der Waals surface area contributed by atoms with Crippen LogP contribution in [-0.2, 0) is 29.8 Å². The fraction of sp³-hybridized carbons (Fsp3) is 0.436. The van der Waals surface area contributed by atoms with Crippen molar-refractivity contribution in [2.45, 2.75) is 75.0 Å². The van der Waals surface area contributed by atoms with Crippen molar-refractivity contribution in [1.29, 1.82) is 0 Å². The number of phenolic OH excluding ortho intramolecular Hbond substituents is 1. The highest BCUT2D eigenvalue weighted by Crippen LogP contribution is 2.47. The number of anilines is 1. The van der Waals surface area contributed by atoms with Crippen LogP contribution >= 0.6 is 0 Å². The molecular weight excluding hydrogens is 791 g/mol. The third-order valence-electron chi connectivity index (χ3n) is 9.25. The molecule has 0 bridgehead atoms. The van der Waals surface area contributed by atoms with E-state index in [4.69, 9.17) is 5.73 Å². The lowest BCUT2D eigenvalue weighted by Crippen LogP contribution is -2.30. The van der Waals surface area contributed by atoms with E-state index in [0.717, 1.165) is 57.9 Å². The summed E-state index contributed by atoms with van der Waals surface area (Å²) in [5, 5.41) is 28.0. The van der Waals surface area contributed by atoms with Crippen molar-refractivity contribution in [2.75, 3.05) is 56.5 Å². The zero-order chi connectivity index (χ0) is 42.0. The van der Waals surface area contributed by atoms with Crippen LogP contribution in [0.1, 0.15) is 58.9 Å². The summed E-state index contributed by atoms with van der Waals surface area (Å²) in [6.45, 7) is 13.9. The van der Waals surface area contributed by atoms with Gasteiger partial charge >= 0.3 is 0 Å². The Bertz CT molecular complexity index is 2390. The number of phenols is 1. The second kappa shape index (κ2) is 19.9. The number of aromatic hydroxyl groups is 1. The van der Waals surface area contributed by atoms with Crippen molar-refractivity contribution < 1.29 is 34.9 Å². The highest BCUT2D eigenvalue weighted by molar-refractivity contribution is 7.91. The number of aryl methyl sites for hydroxylation is 1. The number of sulfone groups is 2. The number of hydrogen-bond donors (Lipinski definition) is 3. The van der Waals surface area contributed by atoms with Crippen LogP contribution in [0.4, 0.5) is 28.4 Å². The first-order chi connectivity index (χ1) is 26.9. The summed E-state index contributed by atoms with van der Waals surface area (Å²) in [4.78, 5) is 3.76. The monoisotopic (exact) mass is 843 g/mol. The van der Waals surface area contributed by atoms with Crippen molar-refractivity contribution in [3.05, 3.63) is 66.2 Å². The molecule has 0 atom stereocenters. The summed E-state index contributed by atoms with van der Waals surface area (Å²) < 4.78 is 87.2. The van der Waals surface area contributed by atoms with Crippen LogP contribution < -0.4 is 5.73 Å². The Kier molecular flexibility index (Phi) is 15.8. The Hall–Kier alpha value is -4.33. The third-order valence-corrected chi connectivity index (χ3v) is 13.5. The van der Waals surface area contributed by atoms with Gasteiger partial charge in [0.15, 0.2) is 25.4 Å². The number of rotatable bonds is 21. The maximum absolute atomic E-state index is 13.0. The minimum absolute atomic E-state index is 0.0147. The highest BCUT2D eigenvalue weighted by Gasteiger charge is 2.25. The molecule has 4 N–H and O–H groups in total. The molecule has 4 aromatic carbocycles. The van der Waals surface area contributed by atoms with Gasteiger partial charge in [-0.05, 0) is 130 Å². The lowest BCUT2D eigenvalue weighted by atomic mass is 10.0. The van der Waals surface area contributed by atoms with Crippen molar-refractivity contribution in [3.63, 3.8) is 0 Å². The SMILES string of the molecule is CCCN(CCC)CCS(=O)(=O)c1ccc(N=Nc2c(C)cc3cc(S(=O)(=O)O)c(N=Nc4ccc(S(=O)(=O)CCN(CCC)CCC)cc4)c(O)c3c2N)cc1. The van der Waals surface area contributed by atoms with E-state index in [1.807, 2.05) is 13.8 Å². The van der Waals surface area contributed by atoms with E-state index in [1.165, 1.54) is 54.6 Å². The molecule has 0 amide bonds. The van der Waals surface area contributed by atoms with Crippen molar-refractivity contribution >= 4 is 69.0 Å². The van der Waals surface area contributed by atoms with Gasteiger partial charge in [0.2, 0.25) is 0 Å². The topological polar surface area (TPSA) is 225 Å². The normalized spacial score (nSPS) is 12.9. The molecule has 310 valence electrons. The minimum atomic E-state index is -4.93. The summed E-state index contributed by atoms with van der Waals surface area (Å²) >= 11 is 0. The maximum atomic E-state index is 13.0. The number of hydrogen-bond acceptors (Lipinski definition) is 14. The lowest BCUT2D eigenvalue weighted by molar-refractivity contribution is 0.290. The molecule has 0 spiro atoms. The highest BCUT2D eigenvalue weighted by atomic mass is 32.2. The van der Waals surface area contributed by atoms with Gasteiger partial charge in [0.05, 0.1) is 43.7 Å². The van der Waals surface area contributed by atoms with Gasteiger partial charge in [-0.2, -0.15) is 18.6 Å². The molecular formula is C39H53N7O8S3. The predicted octanol–water partition coefficient (Wildman–Crippen LogP) is 8.30. The number of benzene rings is 4. The number of nitrogens with zero attached hydrogens (tertiary/aromatic N) is 6. The van der Waals surface area contributed by atoms with E-state index in [2.05, 4.69) is 44.1 Å². The summed E-state index contributed by atoms with van der Waals surface area (Å²) in [5.74, 6) is -0.779. The van der Waals surface area contributed by atoms with Gasteiger partial charge in [-0.15, -0.1) is 10.2 Å². The molecule has 0 aliphatic carbocycles. The van der Waals surface area contributed by atoms with Gasteiger partial charge in [0.1, 0.15) is 16.3 Å². The lowest BCUT2D eigenvalue weighted by Gasteiger charge is -2.20. The van der Waals surface area contributed by atoms with Gasteiger partial charge in [-0.3, -0.25) is 4.55 Å². The van der Waals surface area contributed by atoms with Crippen LogP contribution in [0.15, 0.2) is 95.8 Å². The van der Waals surface area contributed by atoms with E-state index in [1.54, 1.807) is 6.92 Å². The van der Waals surface area contributed by atoms with E-state index in [-0.39, 0.29) is 49.1 Å². The van der Waals surface area contributed by atoms with Gasteiger partial charge in [0.25, 0.3) is 10.1 Å². The Labute approximate surface area is 336 Å². The number of fused-ring (bicyclic) bond motifs is 1. The van der Waals surface area contributed by atoms with Crippen LogP contribution in [0.2, 0.25) is 0 Å². The van der Waals surface area contributed by atoms with Crippen molar-refractivity contribution in [3.8, 4) is 5.75 Å². The predicted molar refractivity (Wildman–Crippen MR) is 224 cm³/mol. The molecule has 0 radical (unpaired) electrons. The molecule has 0 unspecified atom stereocenters. The zero-order valence-electron chi connectivity index (χ0n) is 33.1. The summed E-state index contributed by atoms with van der Waals surface area (Å²) in [5.41, 5.74) is 6.91. The molecule has 18 heteroatoms. The third kappa shape index (κ3) is 11.9. The van der Waals surface area contributed by atoms with Crippen LogP contribution in [0.25, 0.3) is 10.8 Å². The Morgan fingerprint density at radius 2 is 1.00 bits per heavy atom. The summed E-state index contributed by atoms with van der Waals surface area (Å²) in [7, 11) is -12.1. The van der Waals surface area contributed by atoms with E-state index >= 15 is 0 Å². The molecule has 15 nitrogen and oxygen atoms in total. The van der Waals surface area contributed by atoms with Crippen LogP contribution in [0.5, 0.6) is 5.75 Å². The van der Waals surface area contributed by atoms with Crippen molar-refractivity contribution in [1.82, 2.24) is 9.80 Å². The molecule has 0 aliphatic heterocycles. The molecule has 0 saturated carbocycles. The number of nitrogen functional groups attached to an aromatic ring is 1. The fourth-order valence-corrected chi connectivity index (χ4v) is 9.66. The van der Waals surface area contributed by atoms with E-state index < -0.39 is 46.1 Å². The molecule has 0 aromatic heterocycles. The Balaban J connectivity index is 1.62. The molecule has 57 heavy (non-hydrogen) atoms. The second-order valence-electron chi connectivity index (χ2n) is 13.8. The summed E-state index contributed by atoms with van der Waals surface area (Å²) in [6.07, 6.45) is 3.69. The molecule has 4 aromatic rings. The number of nitrogens with two attached hydrogens (primary N) is 1. The first-order valence-corrected chi connectivity index (χ1v) is 23.7. The van der Waals surface area contributed by atoms with Crippen LogP contribution in [-0.4, -0.2) is 95.5 Å². The molecule has 0 aliphatic rings. The quantitative estimate of drug-likeness (QED) is 0.0411. The largest absolute Gasteiger partial charge is 0.505 e. The molecule has 0 saturated heterocycles. The minimum Gasteiger partial charge on any atom is -0.505 e. The average Bonchev–Trinajstić information content (AvgIpc) is 3.15.